The van der Waals surface area contributed by atoms with Crippen molar-refractivity contribution in [3.8, 4) is 0 Å². The largest absolute Gasteiger partial charge is 0.344 e. The van der Waals surface area contributed by atoms with Crippen LogP contribution in [-0.4, -0.2) is 0 Å². The first kappa shape index (κ1) is 25.2. The normalized spacial score (nSPS) is 9.90. The van der Waals surface area contributed by atoms with Crippen molar-refractivity contribution < 1.29 is 0 Å². The monoisotopic (exact) mass is 307 g/mol. The van der Waals surface area contributed by atoms with E-state index in [2.05, 4.69) is 13.8 Å². The minimum absolute atomic E-state index is 0. The van der Waals surface area contributed by atoms with Gasteiger partial charge in [-0.3, -0.25) is 0 Å². The maximum atomic E-state index is 2.29. The van der Waals surface area contributed by atoms with E-state index < -0.39 is 0 Å². The van der Waals surface area contributed by atoms with Gasteiger partial charge in [-0.1, -0.05) is 117 Å². The number of hydrogen-bond donors (Lipinski definition) is 1. The summed E-state index contributed by atoms with van der Waals surface area (Å²) in [5.74, 6) is 0. The first-order valence-corrected chi connectivity index (χ1v) is 8.91. The maximum Gasteiger partial charge on any atom is -0.0533 e. The Labute approximate surface area is 135 Å². The quantitative estimate of drug-likeness (QED) is 0.307. The van der Waals surface area contributed by atoms with Gasteiger partial charge in [0.25, 0.3) is 0 Å². The fourth-order valence-corrected chi connectivity index (χ4v) is 2.62. The topological polar surface area (TPSA) is 35.0 Å². The SMILES string of the molecule is CCCCCCCCCCCCCCCCCC.Cl.N. The van der Waals surface area contributed by atoms with Gasteiger partial charge >= 0.3 is 0 Å². The van der Waals surface area contributed by atoms with Crippen molar-refractivity contribution >= 4 is 12.4 Å². The summed E-state index contributed by atoms with van der Waals surface area (Å²) in [6.07, 6.45) is 23.4. The van der Waals surface area contributed by atoms with Gasteiger partial charge in [0.15, 0.2) is 0 Å². The summed E-state index contributed by atoms with van der Waals surface area (Å²) in [7, 11) is 0. The van der Waals surface area contributed by atoms with Crippen molar-refractivity contribution in [2.24, 2.45) is 0 Å². The van der Waals surface area contributed by atoms with E-state index in [1.165, 1.54) is 103 Å². The first-order chi connectivity index (χ1) is 8.91. The molecule has 0 fully saturated rings. The average molecular weight is 308 g/mol. The average Bonchev–Trinajstić information content (AvgIpc) is 2.39. The van der Waals surface area contributed by atoms with Crippen LogP contribution in [0.2, 0.25) is 0 Å². The summed E-state index contributed by atoms with van der Waals surface area (Å²) >= 11 is 0. The van der Waals surface area contributed by atoms with Crippen LogP contribution < -0.4 is 6.15 Å². The molecule has 1 nitrogen and oxygen atoms in total. The Hall–Kier alpha value is 0.250. The van der Waals surface area contributed by atoms with Gasteiger partial charge in [0, 0.05) is 0 Å². The van der Waals surface area contributed by atoms with Gasteiger partial charge < -0.3 is 6.15 Å². The zero-order chi connectivity index (χ0) is 13.3. The van der Waals surface area contributed by atoms with Crippen molar-refractivity contribution in [1.29, 1.82) is 0 Å². The standard InChI is InChI=1S/C18H38.ClH.H3N/c1-3-5-7-9-11-13-15-17-18-16-14-12-10-8-6-4-2;;/h3-18H2,1-2H3;1H;1H3. The van der Waals surface area contributed by atoms with Crippen LogP contribution >= 0.6 is 12.4 Å². The Bertz CT molecular complexity index is 123. The molecule has 0 aliphatic heterocycles. The van der Waals surface area contributed by atoms with Crippen molar-refractivity contribution in [2.45, 2.75) is 117 Å². The second kappa shape index (κ2) is 24.3. The predicted octanol–water partition coefficient (Wildman–Crippen LogP) is 7.85. The molecule has 3 N–H and O–H groups in total. The number of hydrogen-bond acceptors (Lipinski definition) is 1. The molecule has 0 saturated heterocycles. The molecule has 2 heteroatoms. The highest BCUT2D eigenvalue weighted by Crippen LogP contribution is 2.13. The summed E-state index contributed by atoms with van der Waals surface area (Å²) in [5, 5.41) is 0. The Morgan fingerprint density at radius 2 is 0.500 bits per heavy atom. The molecular formula is C18H42ClN. The zero-order valence-corrected chi connectivity index (χ0v) is 15.2. The summed E-state index contributed by atoms with van der Waals surface area (Å²) in [6.45, 7) is 4.59. The molecule has 0 aromatic heterocycles. The van der Waals surface area contributed by atoms with Crippen LogP contribution in [0.25, 0.3) is 0 Å². The van der Waals surface area contributed by atoms with Crippen molar-refractivity contribution in [2.75, 3.05) is 0 Å². The molecule has 0 rings (SSSR count). The molecule has 0 atom stereocenters. The molecule has 0 radical (unpaired) electrons. The van der Waals surface area contributed by atoms with Crippen LogP contribution in [0.1, 0.15) is 117 Å². The highest BCUT2D eigenvalue weighted by atomic mass is 35.5. The second-order valence-corrected chi connectivity index (χ2v) is 5.95. The lowest BCUT2D eigenvalue weighted by molar-refractivity contribution is 0.531. The van der Waals surface area contributed by atoms with E-state index in [0.717, 1.165) is 0 Å². The van der Waals surface area contributed by atoms with E-state index in [1.54, 1.807) is 0 Å². The van der Waals surface area contributed by atoms with Crippen LogP contribution in [0, 0.1) is 0 Å². The molecule has 0 bridgehead atoms. The molecule has 0 aliphatic rings. The Morgan fingerprint density at radius 3 is 0.650 bits per heavy atom. The molecule has 0 aliphatic carbocycles. The maximum absolute atomic E-state index is 2.29. The fraction of sp³-hybridized carbons (Fsp3) is 1.00. The molecule has 20 heavy (non-hydrogen) atoms. The van der Waals surface area contributed by atoms with Crippen molar-refractivity contribution in [3.05, 3.63) is 0 Å². The lowest BCUT2D eigenvalue weighted by Crippen LogP contribution is -1.83. The van der Waals surface area contributed by atoms with Gasteiger partial charge in [-0.05, 0) is 0 Å². The molecule has 0 amide bonds. The highest BCUT2D eigenvalue weighted by Gasteiger charge is 1.93. The van der Waals surface area contributed by atoms with Gasteiger partial charge in [-0.2, -0.15) is 0 Å². The van der Waals surface area contributed by atoms with Crippen molar-refractivity contribution in [3.63, 3.8) is 0 Å². The summed E-state index contributed by atoms with van der Waals surface area (Å²) < 4.78 is 0. The Kier molecular flexibility index (Phi) is 30.6. The Morgan fingerprint density at radius 1 is 0.350 bits per heavy atom. The number of rotatable bonds is 15. The Balaban J connectivity index is -0.00000144. The van der Waals surface area contributed by atoms with Crippen LogP contribution in [0.4, 0.5) is 0 Å². The minimum atomic E-state index is 0. The molecule has 0 aromatic rings. The molecule has 0 saturated carbocycles. The fourth-order valence-electron chi connectivity index (χ4n) is 2.62. The van der Waals surface area contributed by atoms with Gasteiger partial charge in [0.1, 0.15) is 0 Å². The van der Waals surface area contributed by atoms with Crippen LogP contribution in [0.15, 0.2) is 0 Å². The molecule has 0 heterocycles. The number of halogens is 1. The van der Waals surface area contributed by atoms with Crippen LogP contribution in [0.5, 0.6) is 0 Å². The molecule has 0 unspecified atom stereocenters. The van der Waals surface area contributed by atoms with Crippen LogP contribution in [-0.2, 0) is 0 Å². The first-order valence-electron chi connectivity index (χ1n) is 8.91. The minimum Gasteiger partial charge on any atom is -0.344 e. The van der Waals surface area contributed by atoms with Gasteiger partial charge in [-0.15, -0.1) is 12.4 Å². The lowest BCUT2D eigenvalue weighted by atomic mass is 10.0. The molecule has 0 aromatic carbocycles. The van der Waals surface area contributed by atoms with Crippen molar-refractivity contribution in [1.82, 2.24) is 6.15 Å². The third-order valence-corrected chi connectivity index (χ3v) is 3.96. The van der Waals surface area contributed by atoms with E-state index >= 15 is 0 Å². The van der Waals surface area contributed by atoms with Gasteiger partial charge in [0.05, 0.1) is 0 Å². The molecular weight excluding hydrogens is 266 g/mol. The van der Waals surface area contributed by atoms with Crippen LogP contribution in [0.3, 0.4) is 0 Å². The molecule has 0 spiro atoms. The van der Waals surface area contributed by atoms with E-state index in [0.29, 0.717) is 0 Å². The smallest absolute Gasteiger partial charge is 0.0533 e. The summed E-state index contributed by atoms with van der Waals surface area (Å²) in [6, 6.07) is 0. The lowest BCUT2D eigenvalue weighted by Gasteiger charge is -2.03. The van der Waals surface area contributed by atoms with E-state index in [4.69, 9.17) is 0 Å². The third-order valence-electron chi connectivity index (χ3n) is 3.96. The molecule has 126 valence electrons. The summed E-state index contributed by atoms with van der Waals surface area (Å²) in [5.41, 5.74) is 0. The predicted molar refractivity (Wildman–Crippen MR) is 97.5 cm³/mol. The second-order valence-electron chi connectivity index (χ2n) is 5.95. The van der Waals surface area contributed by atoms with Gasteiger partial charge in [-0.25, -0.2) is 0 Å². The third kappa shape index (κ3) is 23.4. The zero-order valence-electron chi connectivity index (χ0n) is 14.4. The number of unbranched alkanes of at least 4 members (excludes halogenated alkanes) is 15. The highest BCUT2D eigenvalue weighted by molar-refractivity contribution is 5.85. The van der Waals surface area contributed by atoms with E-state index in [-0.39, 0.29) is 18.6 Å². The van der Waals surface area contributed by atoms with E-state index in [1.807, 2.05) is 0 Å². The van der Waals surface area contributed by atoms with Gasteiger partial charge in [0.2, 0.25) is 0 Å². The summed E-state index contributed by atoms with van der Waals surface area (Å²) in [4.78, 5) is 0. The van der Waals surface area contributed by atoms with E-state index in [9.17, 15) is 0 Å².